The highest BCUT2D eigenvalue weighted by molar-refractivity contribution is 7.90. The Morgan fingerprint density at radius 1 is 0.950 bits per heavy atom. The molecule has 5 aromatic rings. The van der Waals surface area contributed by atoms with Crippen molar-refractivity contribution in [2.75, 3.05) is 0 Å². The van der Waals surface area contributed by atoms with Crippen LogP contribution >= 0.6 is 11.6 Å². The smallest absolute Gasteiger partial charge is 0.409 e. The highest BCUT2D eigenvalue weighted by atomic mass is 35.5. The average Bonchev–Trinajstić information content (AvgIpc) is 3.28. The van der Waals surface area contributed by atoms with E-state index in [9.17, 15) is 13.2 Å². The van der Waals surface area contributed by atoms with Crippen LogP contribution in [0.25, 0.3) is 22.2 Å². The van der Waals surface area contributed by atoms with E-state index in [1.165, 1.54) is 12.1 Å². The second-order valence-corrected chi connectivity index (χ2v) is 11.5. The number of para-hydroxylation sites is 1. The number of imidazole rings is 1. The summed E-state index contributed by atoms with van der Waals surface area (Å²) >= 11 is 6.21. The van der Waals surface area contributed by atoms with E-state index in [0.29, 0.717) is 17.1 Å². The number of aromatic nitrogens is 2. The van der Waals surface area contributed by atoms with E-state index in [1.807, 2.05) is 59.3 Å². The Balaban J connectivity index is 1.35. The van der Waals surface area contributed by atoms with Gasteiger partial charge in [-0.15, -0.1) is 0 Å². The summed E-state index contributed by atoms with van der Waals surface area (Å²) in [6.07, 6.45) is 1.93. The zero-order valence-corrected chi connectivity index (χ0v) is 23.5. The van der Waals surface area contributed by atoms with Crippen LogP contribution in [0.4, 0.5) is 4.79 Å². The number of benzene rings is 4. The summed E-state index contributed by atoms with van der Waals surface area (Å²) in [7, 11) is -4.05. The first-order chi connectivity index (χ1) is 19.3. The van der Waals surface area contributed by atoms with E-state index in [2.05, 4.69) is 11.5 Å². The molecule has 1 aromatic heterocycles. The maximum Gasteiger partial charge on any atom is 0.426 e. The summed E-state index contributed by atoms with van der Waals surface area (Å²) in [6.45, 7) is 2.81. The zero-order chi connectivity index (χ0) is 28.1. The van der Waals surface area contributed by atoms with Crippen LogP contribution in [0, 0.1) is 0 Å². The average molecular weight is 574 g/mol. The number of carbonyl (C=O) groups excluding carboxylic acids is 1. The predicted molar refractivity (Wildman–Crippen MR) is 157 cm³/mol. The molecule has 0 aliphatic heterocycles. The molecule has 0 aliphatic rings. The molecule has 0 unspecified atom stereocenters. The summed E-state index contributed by atoms with van der Waals surface area (Å²) in [5, 5.41) is 0.663. The fraction of sp³-hybridized carbons (Fsp3) is 0.161. The summed E-state index contributed by atoms with van der Waals surface area (Å²) < 4.78 is 34.6. The van der Waals surface area contributed by atoms with E-state index < -0.39 is 16.1 Å². The minimum atomic E-state index is -4.05. The lowest BCUT2D eigenvalue weighted by atomic mass is 10.0. The number of rotatable bonds is 9. The molecular formula is C31H28ClN3O4S. The maximum atomic E-state index is 12.5. The normalized spacial score (nSPS) is 11.4. The van der Waals surface area contributed by atoms with Gasteiger partial charge in [0.05, 0.1) is 15.9 Å². The summed E-state index contributed by atoms with van der Waals surface area (Å²) in [6, 6.07) is 28.4. The molecule has 0 spiro atoms. The lowest BCUT2D eigenvalue weighted by Crippen LogP contribution is -2.33. The third-order valence-electron chi connectivity index (χ3n) is 6.51. The van der Waals surface area contributed by atoms with Gasteiger partial charge in [0, 0.05) is 23.6 Å². The van der Waals surface area contributed by atoms with E-state index in [1.54, 1.807) is 30.3 Å². The quantitative estimate of drug-likeness (QED) is 0.201. The molecule has 0 saturated heterocycles. The summed E-state index contributed by atoms with van der Waals surface area (Å²) in [4.78, 5) is 17.3. The second-order valence-electron chi connectivity index (χ2n) is 9.35. The van der Waals surface area contributed by atoms with Crippen molar-refractivity contribution < 1.29 is 17.9 Å². The second kappa shape index (κ2) is 11.9. The Morgan fingerprint density at radius 2 is 1.68 bits per heavy atom. The van der Waals surface area contributed by atoms with Gasteiger partial charge >= 0.3 is 6.09 Å². The number of aryl methyl sites for hydroxylation is 1. The molecule has 5 rings (SSSR count). The first-order valence-corrected chi connectivity index (χ1v) is 14.8. The van der Waals surface area contributed by atoms with Gasteiger partial charge in [-0.2, -0.15) is 0 Å². The largest absolute Gasteiger partial charge is 0.426 e. The highest BCUT2D eigenvalue weighted by Gasteiger charge is 2.20. The number of halogens is 1. The molecule has 0 bridgehead atoms. The fourth-order valence-corrected chi connectivity index (χ4v) is 5.57. The molecular weight excluding hydrogens is 546 g/mol. The lowest BCUT2D eigenvalue weighted by molar-refractivity contribution is 0.207. The first-order valence-electron chi connectivity index (χ1n) is 13.0. The van der Waals surface area contributed by atoms with E-state index in [0.717, 1.165) is 47.2 Å². The van der Waals surface area contributed by atoms with E-state index in [4.69, 9.17) is 21.3 Å². The number of nitrogens with zero attached hydrogens (tertiary/aromatic N) is 2. The van der Waals surface area contributed by atoms with Crippen LogP contribution in [-0.4, -0.2) is 24.1 Å². The Labute approximate surface area is 238 Å². The molecule has 1 heterocycles. The molecule has 204 valence electrons. The first kappa shape index (κ1) is 27.4. The number of fused-ring (bicyclic) bond motifs is 1. The molecule has 9 heteroatoms. The zero-order valence-electron chi connectivity index (χ0n) is 21.9. The summed E-state index contributed by atoms with van der Waals surface area (Å²) in [5.41, 5.74) is 4.49. The van der Waals surface area contributed by atoms with Gasteiger partial charge in [0.1, 0.15) is 11.6 Å². The van der Waals surface area contributed by atoms with Gasteiger partial charge in [-0.3, -0.25) is 0 Å². The molecule has 0 atom stereocenters. The molecule has 4 aromatic carbocycles. The molecule has 40 heavy (non-hydrogen) atoms. The Morgan fingerprint density at radius 3 is 2.42 bits per heavy atom. The number of nitrogens with one attached hydrogen (secondary N) is 1. The van der Waals surface area contributed by atoms with E-state index >= 15 is 0 Å². The topological polar surface area (TPSA) is 90.3 Å². The van der Waals surface area contributed by atoms with Crippen LogP contribution in [0.15, 0.2) is 102 Å². The van der Waals surface area contributed by atoms with Crippen molar-refractivity contribution >= 4 is 38.8 Å². The molecule has 0 aliphatic carbocycles. The van der Waals surface area contributed by atoms with E-state index in [-0.39, 0.29) is 10.6 Å². The SMILES string of the molecule is CCCCc1nc2cc(Cl)ccc2n1Cc1ccc(-c2ccccc2OC(=O)NS(=O)(=O)c2ccccc2)cc1. The molecule has 0 fully saturated rings. The van der Waals surface area contributed by atoms with Gasteiger partial charge in [-0.25, -0.2) is 22.9 Å². The minimum Gasteiger partial charge on any atom is -0.409 e. The van der Waals surface area contributed by atoms with Gasteiger partial charge in [-0.05, 0) is 53.9 Å². The number of hydrogen-bond acceptors (Lipinski definition) is 5. The fourth-order valence-electron chi connectivity index (χ4n) is 4.51. The monoisotopic (exact) mass is 573 g/mol. The van der Waals surface area contributed by atoms with Crippen LogP contribution < -0.4 is 9.46 Å². The number of unbranched alkanes of at least 4 members (excludes halogenated alkanes) is 1. The molecule has 7 nitrogen and oxygen atoms in total. The van der Waals surface area contributed by atoms with Gasteiger partial charge in [0.25, 0.3) is 10.0 Å². The number of hydrogen-bond donors (Lipinski definition) is 1. The summed E-state index contributed by atoms with van der Waals surface area (Å²) in [5.74, 6) is 1.27. The van der Waals surface area contributed by atoms with Crippen molar-refractivity contribution in [3.8, 4) is 16.9 Å². The van der Waals surface area contributed by atoms with Gasteiger partial charge in [0.15, 0.2) is 0 Å². The number of amides is 1. The molecule has 0 saturated carbocycles. The highest BCUT2D eigenvalue weighted by Crippen LogP contribution is 2.31. The third-order valence-corrected chi connectivity index (χ3v) is 8.07. The van der Waals surface area contributed by atoms with Gasteiger partial charge in [0.2, 0.25) is 0 Å². The van der Waals surface area contributed by atoms with Crippen molar-refractivity contribution in [3.63, 3.8) is 0 Å². The van der Waals surface area contributed by atoms with Crippen LogP contribution in [0.5, 0.6) is 5.75 Å². The van der Waals surface area contributed by atoms with Gasteiger partial charge in [-0.1, -0.05) is 85.6 Å². The Bertz CT molecular complexity index is 1750. The lowest BCUT2D eigenvalue weighted by Gasteiger charge is -2.13. The number of carbonyl (C=O) groups is 1. The Kier molecular flexibility index (Phi) is 8.19. The predicted octanol–water partition coefficient (Wildman–Crippen LogP) is 7.22. The van der Waals surface area contributed by atoms with Gasteiger partial charge < -0.3 is 9.30 Å². The molecule has 1 N–H and O–H groups in total. The van der Waals surface area contributed by atoms with Crippen molar-refractivity contribution in [2.24, 2.45) is 0 Å². The van der Waals surface area contributed by atoms with Crippen molar-refractivity contribution in [1.82, 2.24) is 14.3 Å². The van der Waals surface area contributed by atoms with Crippen LogP contribution in [-0.2, 0) is 23.0 Å². The number of ether oxygens (including phenoxy) is 1. The maximum absolute atomic E-state index is 12.5. The molecule has 1 amide bonds. The van der Waals surface area contributed by atoms with Crippen LogP contribution in [0.2, 0.25) is 5.02 Å². The van der Waals surface area contributed by atoms with Crippen molar-refractivity contribution in [1.29, 1.82) is 0 Å². The standard InChI is InChI=1S/C31H28ClN3O4S/c1-2-3-13-30-33-27-20-24(32)18-19-28(27)35(30)21-22-14-16-23(17-15-22)26-11-7-8-12-29(26)39-31(36)34-40(37,38)25-9-5-4-6-10-25/h4-12,14-20H,2-3,13,21H2,1H3,(H,34,36). The van der Waals surface area contributed by atoms with Crippen LogP contribution in [0.1, 0.15) is 31.2 Å². The number of sulfonamides is 1. The van der Waals surface area contributed by atoms with Crippen LogP contribution in [0.3, 0.4) is 0 Å². The van der Waals surface area contributed by atoms with Crippen molar-refractivity contribution in [2.45, 2.75) is 37.6 Å². The third kappa shape index (κ3) is 6.19. The van der Waals surface area contributed by atoms with Crippen molar-refractivity contribution in [3.05, 3.63) is 113 Å². The molecule has 0 radical (unpaired) electrons. The Hall–Kier alpha value is -4.14. The minimum absolute atomic E-state index is 0.0255.